The van der Waals surface area contributed by atoms with E-state index in [-0.39, 0.29) is 29.3 Å². The van der Waals surface area contributed by atoms with Crippen molar-refractivity contribution in [2.75, 3.05) is 23.8 Å². The number of carboxylic acids is 1. The van der Waals surface area contributed by atoms with Crippen LogP contribution < -0.4 is 0 Å². The largest absolute Gasteiger partial charge is 0.481 e. The molecule has 0 saturated carbocycles. The number of thioether (sulfide) groups is 2. The van der Waals surface area contributed by atoms with Gasteiger partial charge >= 0.3 is 5.97 Å². The van der Waals surface area contributed by atoms with Crippen molar-refractivity contribution < 1.29 is 19.1 Å². The van der Waals surface area contributed by atoms with E-state index >= 15 is 0 Å². The number of carboxylic acid groups (broad SMARTS) is 1. The highest BCUT2D eigenvalue weighted by Gasteiger charge is 2.31. The highest BCUT2D eigenvalue weighted by molar-refractivity contribution is 8.00. The van der Waals surface area contributed by atoms with Crippen LogP contribution in [0.5, 0.6) is 0 Å². The molecule has 114 valence electrons. The molecule has 21 heavy (non-hydrogen) atoms. The molecule has 7 heteroatoms. The van der Waals surface area contributed by atoms with Crippen molar-refractivity contribution in [1.29, 1.82) is 0 Å². The van der Waals surface area contributed by atoms with Gasteiger partial charge in [0.05, 0.1) is 12.2 Å². The summed E-state index contributed by atoms with van der Waals surface area (Å²) in [6, 6.07) is 6.50. The molecule has 0 aliphatic carbocycles. The maximum Gasteiger partial charge on any atom is 0.304 e. The predicted molar refractivity (Wildman–Crippen MR) is 82.9 cm³/mol. The minimum atomic E-state index is -0.865. The number of rotatable bonds is 6. The fourth-order valence-corrected chi connectivity index (χ4v) is 4.16. The number of halogens is 1. The number of benzene rings is 1. The normalized spacial score (nSPS) is 18.0. The van der Waals surface area contributed by atoms with Gasteiger partial charge in [-0.2, -0.15) is 11.8 Å². The first kappa shape index (κ1) is 16.2. The lowest BCUT2D eigenvalue weighted by atomic mass is 10.2. The number of hydrogen-bond donors (Lipinski definition) is 1. The Morgan fingerprint density at radius 2 is 2.19 bits per heavy atom. The van der Waals surface area contributed by atoms with Crippen LogP contribution in [-0.4, -0.2) is 45.7 Å². The molecule has 1 aliphatic heterocycles. The number of carbonyl (C=O) groups excluding carboxylic acids is 1. The summed E-state index contributed by atoms with van der Waals surface area (Å²) in [7, 11) is 0. The number of carbonyl (C=O) groups is 2. The van der Waals surface area contributed by atoms with Gasteiger partial charge in [0.2, 0.25) is 5.91 Å². The van der Waals surface area contributed by atoms with E-state index in [1.807, 2.05) is 0 Å². The summed E-state index contributed by atoms with van der Waals surface area (Å²) in [5.41, 5.74) is 0.531. The van der Waals surface area contributed by atoms with E-state index < -0.39 is 5.97 Å². The van der Waals surface area contributed by atoms with E-state index in [0.29, 0.717) is 17.9 Å². The lowest BCUT2D eigenvalue weighted by molar-refractivity contribution is -0.136. The third-order valence-electron chi connectivity index (χ3n) is 3.07. The standard InChI is InChI=1S/C14H16FNO3S2/c15-11-4-2-1-3-10(11)14-16(6-8-21-14)12(17)9-20-7-5-13(18)19/h1-4,14H,5-9H2,(H,18,19)/t14-/m0/s1. The minimum Gasteiger partial charge on any atom is -0.481 e. The number of amides is 1. The summed E-state index contributed by atoms with van der Waals surface area (Å²) in [5.74, 6) is 0.197. The SMILES string of the molecule is O=C(O)CCSCC(=O)N1CCS[C@H]1c1ccccc1F. The van der Waals surface area contributed by atoms with E-state index in [1.54, 1.807) is 34.9 Å². The highest BCUT2D eigenvalue weighted by Crippen LogP contribution is 2.39. The van der Waals surface area contributed by atoms with Crippen molar-refractivity contribution in [3.05, 3.63) is 35.6 Å². The van der Waals surface area contributed by atoms with Crippen LogP contribution in [0.1, 0.15) is 17.4 Å². The highest BCUT2D eigenvalue weighted by atomic mass is 32.2. The molecule has 1 N–H and O–H groups in total. The fourth-order valence-electron chi connectivity index (χ4n) is 2.06. The Hall–Kier alpha value is -1.21. The van der Waals surface area contributed by atoms with Crippen LogP contribution in [0.4, 0.5) is 4.39 Å². The van der Waals surface area contributed by atoms with E-state index in [2.05, 4.69) is 0 Å². The lowest BCUT2D eigenvalue weighted by Gasteiger charge is -2.24. The summed E-state index contributed by atoms with van der Waals surface area (Å²) in [6.07, 6.45) is 0.0451. The van der Waals surface area contributed by atoms with Crippen LogP contribution in [0.15, 0.2) is 24.3 Å². The van der Waals surface area contributed by atoms with E-state index in [0.717, 1.165) is 5.75 Å². The van der Waals surface area contributed by atoms with Gasteiger partial charge in [-0.25, -0.2) is 4.39 Å². The molecule has 0 unspecified atom stereocenters. The molecule has 1 atom stereocenters. The number of nitrogens with zero attached hydrogens (tertiary/aromatic N) is 1. The van der Waals surface area contributed by atoms with Gasteiger partial charge in [-0.1, -0.05) is 18.2 Å². The Kier molecular flexibility index (Phi) is 5.93. The van der Waals surface area contributed by atoms with Gasteiger partial charge in [0.15, 0.2) is 0 Å². The summed E-state index contributed by atoms with van der Waals surface area (Å²) < 4.78 is 13.9. The van der Waals surface area contributed by atoms with Crippen LogP contribution in [-0.2, 0) is 9.59 Å². The maximum atomic E-state index is 13.9. The second-order valence-corrected chi connectivity index (χ2v) is 6.82. The number of aliphatic carboxylic acids is 1. The van der Waals surface area contributed by atoms with Crippen LogP contribution >= 0.6 is 23.5 Å². The Morgan fingerprint density at radius 3 is 2.90 bits per heavy atom. The van der Waals surface area contributed by atoms with Crippen molar-refractivity contribution >= 4 is 35.4 Å². The molecular weight excluding hydrogens is 313 g/mol. The van der Waals surface area contributed by atoms with E-state index in [9.17, 15) is 14.0 Å². The predicted octanol–water partition coefficient (Wildman–Crippen LogP) is 2.61. The zero-order valence-electron chi connectivity index (χ0n) is 11.3. The second kappa shape index (κ2) is 7.70. The lowest BCUT2D eigenvalue weighted by Crippen LogP contribution is -2.32. The van der Waals surface area contributed by atoms with Crippen molar-refractivity contribution in [2.45, 2.75) is 11.8 Å². The van der Waals surface area contributed by atoms with Gasteiger partial charge in [-0.3, -0.25) is 9.59 Å². The summed E-state index contributed by atoms with van der Waals surface area (Å²) in [5, 5.41) is 8.28. The number of hydrogen-bond acceptors (Lipinski definition) is 4. The van der Waals surface area contributed by atoms with Crippen molar-refractivity contribution in [1.82, 2.24) is 4.90 Å². The third kappa shape index (κ3) is 4.38. The van der Waals surface area contributed by atoms with Crippen molar-refractivity contribution in [3.8, 4) is 0 Å². The molecule has 4 nitrogen and oxygen atoms in total. The Bertz CT molecular complexity index is 527. The van der Waals surface area contributed by atoms with E-state index in [1.165, 1.54) is 17.8 Å². The van der Waals surface area contributed by atoms with Gasteiger partial charge in [-0.05, 0) is 6.07 Å². The van der Waals surface area contributed by atoms with Crippen LogP contribution in [0.25, 0.3) is 0 Å². The van der Waals surface area contributed by atoms with Gasteiger partial charge in [0.1, 0.15) is 11.2 Å². The minimum absolute atomic E-state index is 0.0451. The second-order valence-electron chi connectivity index (χ2n) is 4.53. The average Bonchev–Trinajstić information content (AvgIpc) is 2.93. The molecule has 1 aromatic carbocycles. The molecule has 1 aliphatic rings. The molecule has 2 rings (SSSR count). The molecule has 0 radical (unpaired) electrons. The maximum absolute atomic E-state index is 13.9. The molecule has 0 spiro atoms. The fraction of sp³-hybridized carbons (Fsp3) is 0.429. The molecule has 1 heterocycles. The molecule has 0 bridgehead atoms. The molecule has 0 aromatic heterocycles. The summed E-state index contributed by atoms with van der Waals surface area (Å²) in [6.45, 7) is 0.599. The van der Waals surface area contributed by atoms with Crippen molar-refractivity contribution in [3.63, 3.8) is 0 Å². The smallest absolute Gasteiger partial charge is 0.304 e. The topological polar surface area (TPSA) is 57.6 Å². The first-order valence-corrected chi connectivity index (χ1v) is 8.75. The third-order valence-corrected chi connectivity index (χ3v) is 5.25. The van der Waals surface area contributed by atoms with Gasteiger partial charge in [0.25, 0.3) is 0 Å². The first-order chi connectivity index (χ1) is 10.1. The average molecular weight is 329 g/mol. The van der Waals surface area contributed by atoms with Gasteiger partial charge in [-0.15, -0.1) is 11.8 Å². The Morgan fingerprint density at radius 1 is 1.43 bits per heavy atom. The summed E-state index contributed by atoms with van der Waals surface area (Å²) in [4.78, 5) is 24.3. The van der Waals surface area contributed by atoms with Crippen LogP contribution in [0, 0.1) is 5.82 Å². The zero-order valence-corrected chi connectivity index (χ0v) is 13.0. The monoisotopic (exact) mass is 329 g/mol. The summed E-state index contributed by atoms with van der Waals surface area (Å²) >= 11 is 2.85. The van der Waals surface area contributed by atoms with E-state index in [4.69, 9.17) is 5.11 Å². The molecular formula is C14H16FNO3S2. The van der Waals surface area contributed by atoms with Gasteiger partial charge in [0, 0.05) is 23.6 Å². The quantitative estimate of drug-likeness (QED) is 0.813. The molecule has 1 amide bonds. The first-order valence-electron chi connectivity index (χ1n) is 6.54. The van der Waals surface area contributed by atoms with Gasteiger partial charge < -0.3 is 10.0 Å². The molecule has 1 saturated heterocycles. The van der Waals surface area contributed by atoms with Crippen molar-refractivity contribution in [2.24, 2.45) is 0 Å². The Balaban J connectivity index is 1.94. The molecule has 1 fully saturated rings. The Labute approximate surface area is 131 Å². The van der Waals surface area contributed by atoms with Crippen LogP contribution in [0.3, 0.4) is 0 Å². The zero-order chi connectivity index (χ0) is 15.2. The molecule has 1 aromatic rings. The van der Waals surface area contributed by atoms with Crippen LogP contribution in [0.2, 0.25) is 0 Å².